The minimum absolute atomic E-state index is 0.0218. The summed E-state index contributed by atoms with van der Waals surface area (Å²) in [7, 11) is 0. The Morgan fingerprint density at radius 2 is 2.20 bits per heavy atom. The number of rotatable bonds is 9. The minimum Gasteiger partial charge on any atom is -0.467 e. The predicted octanol–water partition coefficient (Wildman–Crippen LogP) is 2.65. The van der Waals surface area contributed by atoms with Crippen LogP contribution in [0.2, 0.25) is 0 Å². The molecule has 2 atom stereocenters. The second-order valence-electron chi connectivity index (χ2n) is 6.40. The van der Waals surface area contributed by atoms with Crippen molar-refractivity contribution in [1.29, 1.82) is 0 Å². The molecule has 2 unspecified atom stereocenters. The van der Waals surface area contributed by atoms with Gasteiger partial charge in [0.25, 0.3) is 0 Å². The molecule has 0 aliphatic carbocycles. The molecule has 25 heavy (non-hydrogen) atoms. The van der Waals surface area contributed by atoms with Crippen LogP contribution in [0.5, 0.6) is 0 Å². The van der Waals surface area contributed by atoms with Gasteiger partial charge in [-0.1, -0.05) is 6.92 Å². The third-order valence-electron chi connectivity index (χ3n) is 4.59. The molecule has 1 aliphatic rings. The van der Waals surface area contributed by atoms with E-state index in [1.807, 2.05) is 19.9 Å². The van der Waals surface area contributed by atoms with Crippen molar-refractivity contribution >= 4 is 23.4 Å². The molecular weight excluding hydrogens is 344 g/mol. The zero-order valence-electron chi connectivity index (χ0n) is 14.9. The first-order valence-electron chi connectivity index (χ1n) is 8.82. The minimum atomic E-state index is -0.223. The number of halogens is 1. The van der Waals surface area contributed by atoms with E-state index in [0.29, 0.717) is 18.8 Å². The van der Waals surface area contributed by atoms with Crippen LogP contribution in [0.4, 0.5) is 0 Å². The first kappa shape index (κ1) is 19.8. The van der Waals surface area contributed by atoms with Crippen LogP contribution in [0.1, 0.15) is 38.9 Å². The molecule has 2 heterocycles. The molecule has 1 aliphatic heterocycles. The number of nitrogens with zero attached hydrogens (tertiary/aromatic N) is 2. The van der Waals surface area contributed by atoms with E-state index in [4.69, 9.17) is 20.8 Å². The number of alkyl halides is 1. The molecule has 1 fully saturated rings. The van der Waals surface area contributed by atoms with Gasteiger partial charge in [-0.25, -0.2) is 0 Å². The fourth-order valence-electron chi connectivity index (χ4n) is 2.91. The molecule has 140 valence electrons. The van der Waals surface area contributed by atoms with Gasteiger partial charge in [-0.2, -0.15) is 0 Å². The van der Waals surface area contributed by atoms with Crippen molar-refractivity contribution in [3.05, 3.63) is 24.2 Å². The summed E-state index contributed by atoms with van der Waals surface area (Å²) in [5, 5.41) is 0. The Labute approximate surface area is 154 Å². The molecule has 2 rings (SSSR count). The van der Waals surface area contributed by atoms with E-state index in [2.05, 4.69) is 0 Å². The van der Waals surface area contributed by atoms with Crippen molar-refractivity contribution in [2.45, 2.75) is 51.8 Å². The van der Waals surface area contributed by atoms with Crippen LogP contribution >= 0.6 is 11.6 Å². The second-order valence-corrected chi connectivity index (χ2v) is 6.67. The molecule has 0 bridgehead atoms. The monoisotopic (exact) mass is 370 g/mol. The lowest BCUT2D eigenvalue weighted by molar-refractivity contribution is -0.142. The topological polar surface area (TPSA) is 63.0 Å². The van der Waals surface area contributed by atoms with Crippen LogP contribution in [0.15, 0.2) is 22.8 Å². The summed E-state index contributed by atoms with van der Waals surface area (Å²) in [6, 6.07) is 3.60. The van der Waals surface area contributed by atoms with Crippen molar-refractivity contribution in [3.63, 3.8) is 0 Å². The van der Waals surface area contributed by atoms with Gasteiger partial charge in [0.2, 0.25) is 11.8 Å². The number of hydrogen-bond donors (Lipinski definition) is 0. The summed E-state index contributed by atoms with van der Waals surface area (Å²) in [6.07, 6.45) is 4.35. The molecule has 1 saturated heterocycles. The highest BCUT2D eigenvalue weighted by atomic mass is 35.5. The maximum absolute atomic E-state index is 12.9. The van der Waals surface area contributed by atoms with Crippen LogP contribution in [0.3, 0.4) is 0 Å². The van der Waals surface area contributed by atoms with Gasteiger partial charge in [0.1, 0.15) is 18.2 Å². The fraction of sp³-hybridized carbons (Fsp3) is 0.667. The molecule has 7 heteroatoms. The summed E-state index contributed by atoms with van der Waals surface area (Å²) in [6.45, 7) is 5.54. The molecule has 2 amide bonds. The van der Waals surface area contributed by atoms with Gasteiger partial charge < -0.3 is 19.0 Å². The highest BCUT2D eigenvalue weighted by Crippen LogP contribution is 2.16. The third kappa shape index (κ3) is 5.75. The molecule has 0 N–H and O–H groups in total. The quantitative estimate of drug-likeness (QED) is 0.627. The first-order chi connectivity index (χ1) is 12.0. The van der Waals surface area contributed by atoms with E-state index in [9.17, 15) is 9.59 Å². The summed E-state index contributed by atoms with van der Waals surface area (Å²) < 4.78 is 11.1. The predicted molar refractivity (Wildman–Crippen MR) is 95.3 cm³/mol. The van der Waals surface area contributed by atoms with Crippen molar-refractivity contribution in [3.8, 4) is 0 Å². The van der Waals surface area contributed by atoms with E-state index in [1.54, 1.807) is 22.1 Å². The van der Waals surface area contributed by atoms with Crippen LogP contribution < -0.4 is 0 Å². The molecule has 0 spiro atoms. The average Bonchev–Trinajstić information content (AvgIpc) is 3.31. The van der Waals surface area contributed by atoms with Gasteiger partial charge in [-0.05, 0) is 38.3 Å². The summed E-state index contributed by atoms with van der Waals surface area (Å²) in [5.74, 6) is 0.247. The van der Waals surface area contributed by atoms with Crippen molar-refractivity contribution < 1.29 is 18.7 Å². The van der Waals surface area contributed by atoms with Crippen molar-refractivity contribution in [1.82, 2.24) is 9.80 Å². The SMILES string of the molecule is CCC(C)N(CC(=O)N(Cc1ccco1)CC1CCCO1)C(=O)CCl. The van der Waals surface area contributed by atoms with Gasteiger partial charge in [-0.15, -0.1) is 11.6 Å². The van der Waals surface area contributed by atoms with E-state index < -0.39 is 0 Å². The van der Waals surface area contributed by atoms with Gasteiger partial charge >= 0.3 is 0 Å². The Morgan fingerprint density at radius 3 is 2.76 bits per heavy atom. The lowest BCUT2D eigenvalue weighted by Crippen LogP contribution is -2.48. The zero-order valence-corrected chi connectivity index (χ0v) is 15.7. The van der Waals surface area contributed by atoms with E-state index in [1.165, 1.54) is 0 Å². The molecule has 0 radical (unpaired) electrons. The molecule has 0 saturated carbocycles. The Morgan fingerprint density at radius 1 is 1.40 bits per heavy atom. The van der Waals surface area contributed by atoms with Crippen molar-refractivity contribution in [2.75, 3.05) is 25.6 Å². The number of amides is 2. The Hall–Kier alpha value is -1.53. The largest absolute Gasteiger partial charge is 0.467 e. The highest BCUT2D eigenvalue weighted by Gasteiger charge is 2.27. The van der Waals surface area contributed by atoms with E-state index >= 15 is 0 Å². The first-order valence-corrected chi connectivity index (χ1v) is 9.35. The maximum atomic E-state index is 12.9. The maximum Gasteiger partial charge on any atom is 0.242 e. The number of carbonyl (C=O) groups is 2. The molecular formula is C18H27ClN2O4. The highest BCUT2D eigenvalue weighted by molar-refractivity contribution is 6.27. The third-order valence-corrected chi connectivity index (χ3v) is 4.82. The fourth-order valence-corrected chi connectivity index (χ4v) is 3.07. The van der Waals surface area contributed by atoms with Gasteiger partial charge in [0, 0.05) is 19.2 Å². The summed E-state index contributed by atoms with van der Waals surface area (Å²) >= 11 is 5.71. The van der Waals surface area contributed by atoms with Gasteiger partial charge in [0.05, 0.1) is 18.9 Å². The molecule has 1 aromatic heterocycles. The number of furan rings is 1. The molecule has 6 nitrogen and oxygen atoms in total. The smallest absolute Gasteiger partial charge is 0.242 e. The zero-order chi connectivity index (χ0) is 18.2. The van der Waals surface area contributed by atoms with Crippen LogP contribution in [0, 0.1) is 0 Å². The normalized spacial score (nSPS) is 18.1. The van der Waals surface area contributed by atoms with Gasteiger partial charge in [-0.3, -0.25) is 9.59 Å². The van der Waals surface area contributed by atoms with Gasteiger partial charge in [0.15, 0.2) is 0 Å². The summed E-state index contributed by atoms with van der Waals surface area (Å²) in [4.78, 5) is 28.3. The Kier molecular flexibility index (Phi) is 7.78. The standard InChI is InChI=1S/C18H27ClN2O4/c1-3-14(2)21(17(22)10-19)13-18(23)20(11-15-6-4-8-24-15)12-16-7-5-9-25-16/h4,6,8,14,16H,3,5,7,9-13H2,1-2H3. The average molecular weight is 371 g/mol. The Balaban J connectivity index is 2.07. The Bertz CT molecular complexity index is 543. The number of ether oxygens (including phenoxy) is 1. The lowest BCUT2D eigenvalue weighted by atomic mass is 10.2. The van der Waals surface area contributed by atoms with E-state index in [-0.39, 0.29) is 36.4 Å². The number of carbonyl (C=O) groups excluding carboxylic acids is 2. The summed E-state index contributed by atoms with van der Waals surface area (Å²) in [5.41, 5.74) is 0. The molecule has 0 aromatic carbocycles. The van der Waals surface area contributed by atoms with Crippen molar-refractivity contribution in [2.24, 2.45) is 0 Å². The van der Waals surface area contributed by atoms with Crippen LogP contribution in [-0.2, 0) is 20.9 Å². The van der Waals surface area contributed by atoms with Crippen LogP contribution in [0.25, 0.3) is 0 Å². The van der Waals surface area contributed by atoms with E-state index in [0.717, 1.165) is 25.9 Å². The van der Waals surface area contributed by atoms with Crippen LogP contribution in [-0.4, -0.2) is 59.3 Å². The lowest BCUT2D eigenvalue weighted by Gasteiger charge is -2.31. The molecule has 1 aromatic rings. The number of hydrogen-bond acceptors (Lipinski definition) is 4. The second kappa shape index (κ2) is 9.82.